The summed E-state index contributed by atoms with van der Waals surface area (Å²) in [5, 5.41) is 8.63. The molecule has 1 aromatic carbocycles. The monoisotopic (exact) mass is 350 g/mol. The molecule has 0 aliphatic carbocycles. The number of benzene rings is 1. The van der Waals surface area contributed by atoms with Crippen molar-refractivity contribution in [1.29, 1.82) is 0 Å². The first-order chi connectivity index (χ1) is 12.6. The fourth-order valence-electron chi connectivity index (χ4n) is 2.35. The molecule has 0 radical (unpaired) electrons. The molecule has 0 fully saturated rings. The Kier molecular flexibility index (Phi) is 5.28. The number of rotatable bonds is 6. The van der Waals surface area contributed by atoms with Gasteiger partial charge in [0.15, 0.2) is 0 Å². The molecule has 0 atom stereocenters. The number of carbonyl (C=O) groups excluding carboxylic acids is 2. The van der Waals surface area contributed by atoms with E-state index >= 15 is 0 Å². The van der Waals surface area contributed by atoms with Crippen LogP contribution in [0.4, 0.5) is 17.2 Å². The molecular formula is C19H18N4O3. The standard InChI is InChI=1S/C19H18N4O3/c1-13(24)22-15-4-2-5-16(11-15)23-18-10-14(7-8-20-18)19(25)21-12-17-6-3-9-26-17/h2-11H,12H2,1H3,(H,20,23)(H,21,25)(H,22,24). The van der Waals surface area contributed by atoms with Gasteiger partial charge in [0.25, 0.3) is 5.91 Å². The van der Waals surface area contributed by atoms with E-state index in [4.69, 9.17) is 4.42 Å². The highest BCUT2D eigenvalue weighted by Gasteiger charge is 2.08. The van der Waals surface area contributed by atoms with Crippen molar-refractivity contribution in [1.82, 2.24) is 10.3 Å². The number of pyridine rings is 1. The van der Waals surface area contributed by atoms with E-state index in [2.05, 4.69) is 20.9 Å². The molecule has 0 saturated carbocycles. The quantitative estimate of drug-likeness (QED) is 0.634. The molecule has 2 aromatic heterocycles. The molecule has 7 nitrogen and oxygen atoms in total. The Balaban J connectivity index is 1.67. The number of hydrogen-bond acceptors (Lipinski definition) is 5. The van der Waals surface area contributed by atoms with Gasteiger partial charge in [0.05, 0.1) is 12.8 Å². The largest absolute Gasteiger partial charge is 0.467 e. The van der Waals surface area contributed by atoms with Crippen LogP contribution >= 0.6 is 0 Å². The van der Waals surface area contributed by atoms with Crippen LogP contribution in [0, 0.1) is 0 Å². The summed E-state index contributed by atoms with van der Waals surface area (Å²) in [6, 6.07) is 14.1. The number of hydrogen-bond donors (Lipinski definition) is 3. The first kappa shape index (κ1) is 17.2. The van der Waals surface area contributed by atoms with E-state index in [1.807, 2.05) is 12.1 Å². The number of anilines is 3. The minimum atomic E-state index is -0.223. The van der Waals surface area contributed by atoms with Crippen LogP contribution in [0.1, 0.15) is 23.0 Å². The van der Waals surface area contributed by atoms with Crippen LogP contribution in [0.5, 0.6) is 0 Å². The summed E-state index contributed by atoms with van der Waals surface area (Å²) < 4.78 is 5.19. The highest BCUT2D eigenvalue weighted by Crippen LogP contribution is 2.19. The number of amides is 2. The minimum Gasteiger partial charge on any atom is -0.467 e. The summed E-state index contributed by atoms with van der Waals surface area (Å²) in [6.07, 6.45) is 3.12. The fourth-order valence-corrected chi connectivity index (χ4v) is 2.35. The predicted molar refractivity (Wildman–Crippen MR) is 98.1 cm³/mol. The van der Waals surface area contributed by atoms with Crippen LogP contribution < -0.4 is 16.0 Å². The molecular weight excluding hydrogens is 332 g/mol. The molecule has 0 spiro atoms. The van der Waals surface area contributed by atoms with Gasteiger partial charge in [0.1, 0.15) is 11.6 Å². The van der Waals surface area contributed by atoms with Gasteiger partial charge in [-0.1, -0.05) is 6.07 Å². The smallest absolute Gasteiger partial charge is 0.251 e. The van der Waals surface area contributed by atoms with Gasteiger partial charge in [-0.05, 0) is 42.5 Å². The molecule has 132 valence electrons. The van der Waals surface area contributed by atoms with E-state index in [1.165, 1.54) is 6.92 Å². The zero-order valence-electron chi connectivity index (χ0n) is 14.2. The van der Waals surface area contributed by atoms with Gasteiger partial charge < -0.3 is 20.4 Å². The summed E-state index contributed by atoms with van der Waals surface area (Å²) in [5.41, 5.74) is 1.90. The summed E-state index contributed by atoms with van der Waals surface area (Å²) >= 11 is 0. The summed E-state index contributed by atoms with van der Waals surface area (Å²) in [5.74, 6) is 0.838. The zero-order valence-corrected chi connectivity index (χ0v) is 14.2. The highest BCUT2D eigenvalue weighted by molar-refractivity contribution is 5.95. The van der Waals surface area contributed by atoms with Crippen molar-refractivity contribution in [3.63, 3.8) is 0 Å². The molecule has 0 bridgehead atoms. The Hall–Kier alpha value is -3.61. The summed E-state index contributed by atoms with van der Waals surface area (Å²) in [7, 11) is 0. The summed E-state index contributed by atoms with van der Waals surface area (Å²) in [4.78, 5) is 27.6. The van der Waals surface area contributed by atoms with Gasteiger partial charge in [0.2, 0.25) is 5.91 Å². The number of nitrogens with zero attached hydrogens (tertiary/aromatic N) is 1. The van der Waals surface area contributed by atoms with Crippen LogP contribution in [-0.2, 0) is 11.3 Å². The Morgan fingerprint density at radius 3 is 2.69 bits per heavy atom. The molecule has 7 heteroatoms. The van der Waals surface area contributed by atoms with Gasteiger partial charge in [0, 0.05) is 30.1 Å². The molecule has 3 aromatic rings. The zero-order chi connectivity index (χ0) is 18.4. The van der Waals surface area contributed by atoms with Crippen LogP contribution in [0.2, 0.25) is 0 Å². The van der Waals surface area contributed by atoms with Gasteiger partial charge in [-0.15, -0.1) is 0 Å². The molecule has 2 amide bonds. The Morgan fingerprint density at radius 2 is 1.92 bits per heavy atom. The minimum absolute atomic E-state index is 0.143. The Morgan fingerprint density at radius 1 is 1.08 bits per heavy atom. The molecule has 3 rings (SSSR count). The van der Waals surface area contributed by atoms with Crippen molar-refractivity contribution in [2.45, 2.75) is 13.5 Å². The van der Waals surface area contributed by atoms with Gasteiger partial charge in [-0.25, -0.2) is 4.98 Å². The average Bonchev–Trinajstić information content (AvgIpc) is 3.13. The lowest BCUT2D eigenvalue weighted by Gasteiger charge is -2.09. The van der Waals surface area contributed by atoms with E-state index in [0.717, 1.165) is 5.69 Å². The molecule has 0 aliphatic rings. The van der Waals surface area contributed by atoms with Crippen molar-refractivity contribution in [3.8, 4) is 0 Å². The number of nitrogens with one attached hydrogen (secondary N) is 3. The predicted octanol–water partition coefficient (Wildman–Crippen LogP) is 3.31. The normalized spacial score (nSPS) is 10.2. The third-order valence-corrected chi connectivity index (χ3v) is 3.48. The van der Waals surface area contributed by atoms with E-state index in [1.54, 1.807) is 48.9 Å². The lowest BCUT2D eigenvalue weighted by atomic mass is 10.2. The van der Waals surface area contributed by atoms with E-state index in [9.17, 15) is 9.59 Å². The first-order valence-electron chi connectivity index (χ1n) is 8.01. The fraction of sp³-hybridized carbons (Fsp3) is 0.105. The maximum atomic E-state index is 12.3. The highest BCUT2D eigenvalue weighted by atomic mass is 16.3. The average molecular weight is 350 g/mol. The Bertz CT molecular complexity index is 907. The number of carbonyl (C=O) groups is 2. The van der Waals surface area contributed by atoms with Crippen molar-refractivity contribution < 1.29 is 14.0 Å². The van der Waals surface area contributed by atoms with Gasteiger partial charge >= 0.3 is 0 Å². The molecule has 26 heavy (non-hydrogen) atoms. The molecule has 0 unspecified atom stereocenters. The number of furan rings is 1. The van der Waals surface area contributed by atoms with Crippen molar-refractivity contribution in [2.75, 3.05) is 10.6 Å². The van der Waals surface area contributed by atoms with E-state index < -0.39 is 0 Å². The topological polar surface area (TPSA) is 96.3 Å². The summed E-state index contributed by atoms with van der Waals surface area (Å²) in [6.45, 7) is 1.77. The number of aromatic nitrogens is 1. The van der Waals surface area contributed by atoms with E-state index in [-0.39, 0.29) is 11.8 Å². The van der Waals surface area contributed by atoms with Gasteiger partial charge in [-0.3, -0.25) is 9.59 Å². The van der Waals surface area contributed by atoms with Crippen LogP contribution in [0.3, 0.4) is 0 Å². The SMILES string of the molecule is CC(=O)Nc1cccc(Nc2cc(C(=O)NCc3ccco3)ccn2)c1. The Labute approximate surface area is 150 Å². The molecule has 0 saturated heterocycles. The maximum Gasteiger partial charge on any atom is 0.251 e. The lowest BCUT2D eigenvalue weighted by molar-refractivity contribution is -0.114. The van der Waals surface area contributed by atoms with E-state index in [0.29, 0.717) is 29.4 Å². The van der Waals surface area contributed by atoms with Crippen molar-refractivity contribution in [2.24, 2.45) is 0 Å². The third kappa shape index (κ3) is 4.70. The van der Waals surface area contributed by atoms with Gasteiger partial charge in [-0.2, -0.15) is 0 Å². The molecule has 3 N–H and O–H groups in total. The lowest BCUT2D eigenvalue weighted by Crippen LogP contribution is -2.22. The van der Waals surface area contributed by atoms with Crippen LogP contribution in [0.15, 0.2) is 65.4 Å². The second-order valence-corrected chi connectivity index (χ2v) is 5.58. The van der Waals surface area contributed by atoms with Crippen molar-refractivity contribution >= 4 is 29.0 Å². The van der Waals surface area contributed by atoms with Crippen LogP contribution in [0.25, 0.3) is 0 Å². The third-order valence-electron chi connectivity index (χ3n) is 3.48. The van der Waals surface area contributed by atoms with Crippen LogP contribution in [-0.4, -0.2) is 16.8 Å². The second kappa shape index (κ2) is 7.98. The maximum absolute atomic E-state index is 12.3. The first-order valence-corrected chi connectivity index (χ1v) is 8.01. The van der Waals surface area contributed by atoms with Crippen molar-refractivity contribution in [3.05, 3.63) is 72.3 Å². The second-order valence-electron chi connectivity index (χ2n) is 5.58. The molecule has 0 aliphatic heterocycles. The molecule has 2 heterocycles.